The van der Waals surface area contributed by atoms with Crippen molar-refractivity contribution in [1.29, 1.82) is 0 Å². The normalized spacial score (nSPS) is 13.7. The van der Waals surface area contributed by atoms with Gasteiger partial charge in [-0.1, -0.05) is 12.8 Å². The first-order valence-electron chi connectivity index (χ1n) is 7.09. The lowest BCUT2D eigenvalue weighted by atomic mass is 9.84. The van der Waals surface area contributed by atoms with Crippen molar-refractivity contribution in [1.82, 2.24) is 0 Å². The summed E-state index contributed by atoms with van der Waals surface area (Å²) in [5.74, 6) is 0. The highest BCUT2D eigenvalue weighted by molar-refractivity contribution is 6.87. The van der Waals surface area contributed by atoms with E-state index < -0.39 is 32.3 Å². The summed E-state index contributed by atoms with van der Waals surface area (Å²) in [6.45, 7) is 15.3. The average Bonchev–Trinajstić information content (AvgIpc) is 2.05. The van der Waals surface area contributed by atoms with Gasteiger partial charge in [-0.25, -0.2) is 0 Å². The molecular weight excluding hydrogens is 291 g/mol. The molecule has 0 aliphatic rings. The lowest BCUT2D eigenvalue weighted by Gasteiger charge is -2.37. The predicted octanol–water partition coefficient (Wildman–Crippen LogP) is 3.01. The second-order valence-corrected chi connectivity index (χ2v) is 19.9. The van der Waals surface area contributed by atoms with Crippen molar-refractivity contribution < 1.29 is 18.3 Å². The van der Waals surface area contributed by atoms with Gasteiger partial charge in [-0.2, -0.15) is 0 Å². The molecule has 0 amide bonds. The molecule has 4 nitrogen and oxygen atoms in total. The molecule has 0 heterocycles. The van der Waals surface area contributed by atoms with E-state index in [1.54, 1.807) is 0 Å². The van der Waals surface area contributed by atoms with E-state index in [0.717, 1.165) is 18.9 Å². The maximum atomic E-state index is 8.82. The zero-order chi connectivity index (χ0) is 15.3. The summed E-state index contributed by atoms with van der Waals surface area (Å²) < 4.78 is 12.6. The fourth-order valence-corrected chi connectivity index (χ4v) is 15.6. The molecule has 0 atom stereocenters. The van der Waals surface area contributed by atoms with Crippen molar-refractivity contribution in [2.75, 3.05) is 0 Å². The molecule has 0 aromatic carbocycles. The van der Waals surface area contributed by atoms with Gasteiger partial charge in [0, 0.05) is 0 Å². The summed E-state index contributed by atoms with van der Waals surface area (Å²) in [6, 6.07) is 1.05. The first kappa shape index (κ1) is 19.6. The number of unbranched alkanes of at least 4 members (excludes halogenated alkanes) is 1. The van der Waals surface area contributed by atoms with Crippen LogP contribution in [0.15, 0.2) is 0 Å². The Kier molecular flexibility index (Phi) is 7.75. The zero-order valence-corrected chi connectivity index (χ0v) is 16.6. The summed E-state index contributed by atoms with van der Waals surface area (Å²) in [4.78, 5) is 0. The minimum absolute atomic E-state index is 0.455. The van der Waals surface area contributed by atoms with Crippen molar-refractivity contribution in [3.63, 3.8) is 0 Å². The van der Waals surface area contributed by atoms with E-state index in [-0.39, 0.29) is 0 Å². The van der Waals surface area contributed by atoms with E-state index in [1.165, 1.54) is 0 Å². The molecule has 0 aromatic heterocycles. The largest absolute Gasteiger partial charge is 0.451 e. The molecule has 0 spiro atoms. The van der Waals surface area contributed by atoms with E-state index in [4.69, 9.17) is 18.3 Å². The maximum absolute atomic E-state index is 8.82. The van der Waals surface area contributed by atoms with Crippen LogP contribution in [0.25, 0.3) is 0 Å². The predicted molar refractivity (Wildman–Crippen MR) is 89.5 cm³/mol. The zero-order valence-electron chi connectivity index (χ0n) is 13.6. The number of hydrogen-bond donors (Lipinski definition) is 2. The topological polar surface area (TPSA) is 58.9 Å². The molecular formula is C11H31BO4Si3. The van der Waals surface area contributed by atoms with Crippen molar-refractivity contribution in [2.24, 2.45) is 0 Å². The standard InChI is InChI=1S/C11H31BO4Si3/c1-17(2,3)15-19(6,7)16-18(4,5)11-9-8-10-12(13)14/h13-14H,8-11H2,1-7H3. The van der Waals surface area contributed by atoms with Crippen molar-refractivity contribution in [3.05, 3.63) is 0 Å². The summed E-state index contributed by atoms with van der Waals surface area (Å²) in [5, 5.41) is 17.6. The molecule has 0 saturated heterocycles. The summed E-state index contributed by atoms with van der Waals surface area (Å²) in [5.41, 5.74) is 0. The second kappa shape index (κ2) is 7.53. The highest BCUT2D eigenvalue weighted by Crippen LogP contribution is 2.24. The Hall–Kier alpha value is 0.556. The third-order valence-electron chi connectivity index (χ3n) is 2.57. The molecule has 114 valence electrons. The molecule has 0 aromatic rings. The minimum atomic E-state index is -2.03. The van der Waals surface area contributed by atoms with Gasteiger partial charge in [-0.15, -0.1) is 0 Å². The van der Waals surface area contributed by atoms with Gasteiger partial charge in [-0.3, -0.25) is 0 Å². The molecule has 0 fully saturated rings. The Labute approximate surface area is 122 Å². The van der Waals surface area contributed by atoms with Crippen LogP contribution in [0, 0.1) is 0 Å². The van der Waals surface area contributed by atoms with Crippen LogP contribution in [-0.2, 0) is 8.23 Å². The van der Waals surface area contributed by atoms with E-state index in [2.05, 4.69) is 45.8 Å². The quantitative estimate of drug-likeness (QED) is 0.506. The van der Waals surface area contributed by atoms with Crippen molar-refractivity contribution >= 4 is 32.3 Å². The monoisotopic (exact) mass is 322 g/mol. The Bertz CT molecular complexity index is 267. The van der Waals surface area contributed by atoms with Crippen molar-refractivity contribution in [3.8, 4) is 0 Å². The van der Waals surface area contributed by atoms with Gasteiger partial charge >= 0.3 is 15.7 Å². The number of hydrogen-bond acceptors (Lipinski definition) is 4. The molecule has 0 unspecified atom stereocenters. The number of rotatable bonds is 9. The van der Waals surface area contributed by atoms with Crippen LogP contribution < -0.4 is 0 Å². The van der Waals surface area contributed by atoms with Crippen molar-refractivity contribution in [2.45, 2.75) is 71.0 Å². The van der Waals surface area contributed by atoms with E-state index >= 15 is 0 Å². The lowest BCUT2D eigenvalue weighted by molar-refractivity contribution is 0.388. The van der Waals surface area contributed by atoms with Crippen LogP contribution in [-0.4, -0.2) is 42.4 Å². The SMILES string of the molecule is C[Si](C)(C)O[Si](C)(C)O[Si](C)(C)CCCCB(O)O. The van der Waals surface area contributed by atoms with E-state index in [1.807, 2.05) is 0 Å². The van der Waals surface area contributed by atoms with Crippen LogP contribution in [0.4, 0.5) is 0 Å². The molecule has 0 bridgehead atoms. The molecule has 2 N–H and O–H groups in total. The van der Waals surface area contributed by atoms with E-state index in [0.29, 0.717) is 6.32 Å². The summed E-state index contributed by atoms with van der Waals surface area (Å²) in [7, 11) is -6.47. The Balaban J connectivity index is 4.19. The Morgan fingerprint density at radius 2 is 1.37 bits per heavy atom. The summed E-state index contributed by atoms with van der Waals surface area (Å²) >= 11 is 0. The summed E-state index contributed by atoms with van der Waals surface area (Å²) in [6.07, 6.45) is 2.29. The lowest BCUT2D eigenvalue weighted by Crippen LogP contribution is -2.51. The highest BCUT2D eigenvalue weighted by atomic mass is 28.5. The fraction of sp³-hybridized carbons (Fsp3) is 1.00. The third kappa shape index (κ3) is 12.0. The molecule has 0 rings (SSSR count). The van der Waals surface area contributed by atoms with Gasteiger partial charge in [0.05, 0.1) is 0 Å². The van der Waals surface area contributed by atoms with Gasteiger partial charge in [-0.05, 0) is 58.2 Å². The average molecular weight is 322 g/mol. The fourth-order valence-electron chi connectivity index (χ4n) is 2.35. The first-order valence-corrected chi connectivity index (χ1v) is 16.4. The molecule has 0 saturated carbocycles. The molecule has 8 heteroatoms. The van der Waals surface area contributed by atoms with Crippen LogP contribution in [0.2, 0.25) is 58.2 Å². The Morgan fingerprint density at radius 3 is 1.79 bits per heavy atom. The van der Waals surface area contributed by atoms with Gasteiger partial charge in [0.25, 0.3) is 0 Å². The van der Waals surface area contributed by atoms with Gasteiger partial charge < -0.3 is 18.3 Å². The molecule has 19 heavy (non-hydrogen) atoms. The van der Waals surface area contributed by atoms with Crippen LogP contribution in [0.5, 0.6) is 0 Å². The highest BCUT2D eigenvalue weighted by Gasteiger charge is 2.37. The van der Waals surface area contributed by atoms with Gasteiger partial charge in [0.15, 0.2) is 16.6 Å². The Morgan fingerprint density at radius 1 is 0.842 bits per heavy atom. The first-order chi connectivity index (χ1) is 8.33. The molecule has 0 aliphatic carbocycles. The van der Waals surface area contributed by atoms with Crippen LogP contribution in [0.3, 0.4) is 0 Å². The maximum Gasteiger partial charge on any atom is 0.451 e. The van der Waals surface area contributed by atoms with Gasteiger partial charge in [0.2, 0.25) is 0 Å². The van der Waals surface area contributed by atoms with E-state index in [9.17, 15) is 0 Å². The third-order valence-corrected chi connectivity index (χ3v) is 12.7. The smallest absolute Gasteiger partial charge is 0.437 e. The van der Waals surface area contributed by atoms with Crippen LogP contribution >= 0.6 is 0 Å². The minimum Gasteiger partial charge on any atom is -0.437 e. The molecule has 0 radical (unpaired) electrons. The van der Waals surface area contributed by atoms with Crippen LogP contribution in [0.1, 0.15) is 12.8 Å². The molecule has 0 aliphatic heterocycles. The van der Waals surface area contributed by atoms with Gasteiger partial charge in [0.1, 0.15) is 0 Å². The second-order valence-electron chi connectivity index (χ2n) is 7.20.